The zero-order chi connectivity index (χ0) is 17.6. The van der Waals surface area contributed by atoms with Crippen molar-refractivity contribution < 1.29 is 9.15 Å². The molecule has 0 atom stereocenters. The summed E-state index contributed by atoms with van der Waals surface area (Å²) in [5, 5.41) is 13.0. The third-order valence-electron chi connectivity index (χ3n) is 3.54. The fourth-order valence-corrected chi connectivity index (χ4v) is 2.52. The fourth-order valence-electron chi connectivity index (χ4n) is 2.32. The molecule has 1 heterocycles. The van der Waals surface area contributed by atoms with Gasteiger partial charge in [-0.25, -0.2) is 0 Å². The standard InChI is InChI=1S/C19H16ClN3O2/c1-2-24-15-9-7-13(8-10-15)18-23-17(11-21)19(25-18)22-12-14-5-3-4-6-16(14)20/h3-10,22H,2,12H2,1H3. The van der Waals surface area contributed by atoms with Crippen molar-refractivity contribution in [1.29, 1.82) is 5.26 Å². The summed E-state index contributed by atoms with van der Waals surface area (Å²) in [6.07, 6.45) is 0. The molecule has 0 amide bonds. The first-order chi connectivity index (χ1) is 12.2. The molecule has 0 aliphatic carbocycles. The predicted octanol–water partition coefficient (Wildman–Crippen LogP) is 4.88. The number of rotatable bonds is 6. The van der Waals surface area contributed by atoms with Crippen LogP contribution in [0.4, 0.5) is 5.88 Å². The van der Waals surface area contributed by atoms with Gasteiger partial charge in [0.1, 0.15) is 11.8 Å². The maximum Gasteiger partial charge on any atom is 0.232 e. The summed E-state index contributed by atoms with van der Waals surface area (Å²) in [5.41, 5.74) is 1.88. The number of hydrogen-bond acceptors (Lipinski definition) is 5. The Labute approximate surface area is 150 Å². The molecule has 126 valence electrons. The van der Waals surface area contributed by atoms with E-state index in [1.807, 2.05) is 61.5 Å². The number of nitrogens with zero attached hydrogens (tertiary/aromatic N) is 2. The first-order valence-corrected chi connectivity index (χ1v) is 8.20. The normalized spacial score (nSPS) is 10.3. The molecular formula is C19H16ClN3O2. The highest BCUT2D eigenvalue weighted by Gasteiger charge is 2.14. The Morgan fingerprint density at radius 2 is 1.96 bits per heavy atom. The van der Waals surface area contributed by atoms with Gasteiger partial charge in [-0.2, -0.15) is 10.2 Å². The van der Waals surface area contributed by atoms with Crippen molar-refractivity contribution >= 4 is 17.5 Å². The van der Waals surface area contributed by atoms with Crippen LogP contribution in [0.15, 0.2) is 52.9 Å². The number of halogens is 1. The minimum absolute atomic E-state index is 0.205. The summed E-state index contributed by atoms with van der Waals surface area (Å²) in [4.78, 5) is 4.25. The Hall–Kier alpha value is -2.97. The van der Waals surface area contributed by atoms with Gasteiger partial charge in [0.2, 0.25) is 17.5 Å². The molecule has 0 aliphatic heterocycles. The molecule has 2 aromatic carbocycles. The zero-order valence-corrected chi connectivity index (χ0v) is 14.4. The smallest absolute Gasteiger partial charge is 0.232 e. The Bertz CT molecular complexity index is 898. The second kappa shape index (κ2) is 7.73. The summed E-state index contributed by atoms with van der Waals surface area (Å²) in [6.45, 7) is 2.97. The number of benzene rings is 2. The highest BCUT2D eigenvalue weighted by Crippen LogP contribution is 2.27. The molecule has 0 radical (unpaired) electrons. The van der Waals surface area contributed by atoms with Crippen molar-refractivity contribution in [3.8, 4) is 23.3 Å². The van der Waals surface area contributed by atoms with Crippen molar-refractivity contribution in [2.45, 2.75) is 13.5 Å². The van der Waals surface area contributed by atoms with Crippen molar-refractivity contribution in [3.05, 3.63) is 64.8 Å². The molecule has 5 nitrogen and oxygen atoms in total. The van der Waals surface area contributed by atoms with Crippen LogP contribution < -0.4 is 10.1 Å². The number of nitrogens with one attached hydrogen (secondary N) is 1. The van der Waals surface area contributed by atoms with Gasteiger partial charge in [0.05, 0.1) is 6.61 Å². The predicted molar refractivity (Wildman–Crippen MR) is 96.6 cm³/mol. The summed E-state index contributed by atoms with van der Waals surface area (Å²) >= 11 is 6.14. The van der Waals surface area contributed by atoms with Crippen molar-refractivity contribution in [2.24, 2.45) is 0 Å². The molecule has 0 fully saturated rings. The van der Waals surface area contributed by atoms with Crippen LogP contribution >= 0.6 is 11.6 Å². The van der Waals surface area contributed by atoms with E-state index >= 15 is 0 Å². The highest BCUT2D eigenvalue weighted by atomic mass is 35.5. The van der Waals surface area contributed by atoms with E-state index in [1.54, 1.807) is 0 Å². The Morgan fingerprint density at radius 1 is 1.20 bits per heavy atom. The lowest BCUT2D eigenvalue weighted by Gasteiger charge is -2.05. The number of oxazole rings is 1. The van der Waals surface area contributed by atoms with Gasteiger partial charge < -0.3 is 14.5 Å². The molecule has 0 spiro atoms. The molecule has 0 bridgehead atoms. The fraction of sp³-hybridized carbons (Fsp3) is 0.158. The van der Waals surface area contributed by atoms with E-state index in [-0.39, 0.29) is 5.69 Å². The van der Waals surface area contributed by atoms with Gasteiger partial charge >= 0.3 is 0 Å². The number of aromatic nitrogens is 1. The Balaban J connectivity index is 1.79. The van der Waals surface area contributed by atoms with Crippen LogP contribution in [-0.4, -0.2) is 11.6 Å². The van der Waals surface area contributed by atoms with Gasteiger partial charge in [-0.1, -0.05) is 29.8 Å². The molecule has 3 aromatic rings. The second-order valence-electron chi connectivity index (χ2n) is 5.21. The van der Waals surface area contributed by atoms with Crippen LogP contribution in [0.1, 0.15) is 18.2 Å². The van der Waals surface area contributed by atoms with Crippen molar-refractivity contribution in [3.63, 3.8) is 0 Å². The summed E-state index contributed by atoms with van der Waals surface area (Å²) in [7, 11) is 0. The van der Waals surface area contributed by atoms with E-state index in [2.05, 4.69) is 10.3 Å². The number of hydrogen-bond donors (Lipinski definition) is 1. The van der Waals surface area contributed by atoms with E-state index in [0.717, 1.165) is 16.9 Å². The molecule has 0 unspecified atom stereocenters. The lowest BCUT2D eigenvalue weighted by atomic mass is 10.2. The lowest BCUT2D eigenvalue weighted by molar-refractivity contribution is 0.340. The molecular weight excluding hydrogens is 338 g/mol. The topological polar surface area (TPSA) is 71.1 Å². The first kappa shape index (κ1) is 16.9. The third kappa shape index (κ3) is 3.93. The third-order valence-corrected chi connectivity index (χ3v) is 3.91. The average Bonchev–Trinajstić information content (AvgIpc) is 3.05. The Morgan fingerprint density at radius 3 is 2.64 bits per heavy atom. The molecule has 0 aliphatic rings. The summed E-state index contributed by atoms with van der Waals surface area (Å²) in [6, 6.07) is 16.9. The van der Waals surface area contributed by atoms with Gasteiger partial charge in [-0.15, -0.1) is 0 Å². The summed E-state index contributed by atoms with van der Waals surface area (Å²) < 4.78 is 11.1. The van der Waals surface area contributed by atoms with E-state index in [4.69, 9.17) is 20.8 Å². The van der Waals surface area contributed by atoms with Crippen LogP contribution in [0.2, 0.25) is 5.02 Å². The van der Waals surface area contributed by atoms with Gasteiger partial charge in [0.25, 0.3) is 0 Å². The quantitative estimate of drug-likeness (QED) is 0.684. The van der Waals surface area contributed by atoms with Crippen LogP contribution in [0.3, 0.4) is 0 Å². The van der Waals surface area contributed by atoms with Crippen LogP contribution in [-0.2, 0) is 6.54 Å². The molecule has 25 heavy (non-hydrogen) atoms. The SMILES string of the molecule is CCOc1ccc(-c2nc(C#N)c(NCc3ccccc3Cl)o2)cc1. The van der Waals surface area contributed by atoms with Crippen LogP contribution in [0.5, 0.6) is 5.75 Å². The van der Waals surface area contributed by atoms with E-state index in [0.29, 0.717) is 29.9 Å². The molecule has 1 aromatic heterocycles. The largest absolute Gasteiger partial charge is 0.494 e. The number of nitriles is 1. The van der Waals surface area contributed by atoms with Gasteiger partial charge in [-0.3, -0.25) is 0 Å². The first-order valence-electron chi connectivity index (χ1n) is 7.82. The van der Waals surface area contributed by atoms with E-state index < -0.39 is 0 Å². The van der Waals surface area contributed by atoms with Crippen molar-refractivity contribution in [1.82, 2.24) is 4.98 Å². The second-order valence-corrected chi connectivity index (χ2v) is 5.62. The van der Waals surface area contributed by atoms with Crippen LogP contribution in [0, 0.1) is 11.3 Å². The minimum Gasteiger partial charge on any atom is -0.494 e. The van der Waals surface area contributed by atoms with Crippen molar-refractivity contribution in [2.75, 3.05) is 11.9 Å². The molecule has 0 saturated carbocycles. The maximum atomic E-state index is 9.29. The van der Waals surface area contributed by atoms with Gasteiger partial charge in [-0.05, 0) is 42.8 Å². The van der Waals surface area contributed by atoms with Gasteiger partial charge in [0, 0.05) is 17.1 Å². The zero-order valence-electron chi connectivity index (χ0n) is 13.6. The monoisotopic (exact) mass is 353 g/mol. The summed E-state index contributed by atoms with van der Waals surface area (Å²) in [5.74, 6) is 1.47. The number of ether oxygens (including phenoxy) is 1. The average molecular weight is 354 g/mol. The molecule has 1 N–H and O–H groups in total. The molecule has 3 rings (SSSR count). The highest BCUT2D eigenvalue weighted by molar-refractivity contribution is 6.31. The van der Waals surface area contributed by atoms with E-state index in [1.165, 1.54) is 0 Å². The van der Waals surface area contributed by atoms with Crippen LogP contribution in [0.25, 0.3) is 11.5 Å². The maximum absolute atomic E-state index is 9.29. The van der Waals surface area contributed by atoms with Gasteiger partial charge in [0.15, 0.2) is 0 Å². The Kier molecular flexibility index (Phi) is 5.22. The number of anilines is 1. The molecule has 6 heteroatoms. The van der Waals surface area contributed by atoms with E-state index in [9.17, 15) is 5.26 Å². The molecule has 0 saturated heterocycles. The lowest BCUT2D eigenvalue weighted by Crippen LogP contribution is -2.00. The minimum atomic E-state index is 0.205.